The van der Waals surface area contributed by atoms with E-state index in [1.807, 2.05) is 0 Å². The second-order valence-electron chi connectivity index (χ2n) is 6.88. The van der Waals surface area contributed by atoms with Gasteiger partial charge in [0.05, 0.1) is 17.1 Å². The minimum atomic E-state index is -4.04. The second-order valence-corrected chi connectivity index (χ2v) is 8.71. The van der Waals surface area contributed by atoms with Crippen molar-refractivity contribution in [3.63, 3.8) is 0 Å². The minimum absolute atomic E-state index is 0.0155. The maximum absolute atomic E-state index is 14.2. The first-order chi connectivity index (χ1) is 13.5. The van der Waals surface area contributed by atoms with Gasteiger partial charge in [-0.15, -0.1) is 0 Å². The number of nitrogens with zero attached hydrogens (tertiary/aromatic N) is 3. The first-order valence-electron chi connectivity index (χ1n) is 9.21. The molecule has 0 radical (unpaired) electrons. The molecule has 6 nitrogen and oxygen atoms in total. The SMILES string of the molecule is O=C(C1=NN(Cc2ccccc2F)c2ccccc2S1(=O)=O)N1CCCCC1. The summed E-state index contributed by atoms with van der Waals surface area (Å²) < 4.78 is 40.3. The lowest BCUT2D eigenvalue weighted by atomic mass is 10.1. The van der Waals surface area contributed by atoms with Crippen LogP contribution in [0, 0.1) is 5.82 Å². The topological polar surface area (TPSA) is 70.0 Å². The average Bonchev–Trinajstić information content (AvgIpc) is 2.72. The molecule has 2 aliphatic rings. The predicted molar refractivity (Wildman–Crippen MR) is 104 cm³/mol. The van der Waals surface area contributed by atoms with E-state index in [4.69, 9.17) is 0 Å². The van der Waals surface area contributed by atoms with Gasteiger partial charge in [-0.3, -0.25) is 9.80 Å². The van der Waals surface area contributed by atoms with Crippen molar-refractivity contribution in [2.45, 2.75) is 30.7 Å². The Labute approximate surface area is 163 Å². The number of carbonyl (C=O) groups is 1. The van der Waals surface area contributed by atoms with Crippen LogP contribution in [-0.4, -0.2) is 37.4 Å². The summed E-state index contributed by atoms with van der Waals surface area (Å²) in [6, 6.07) is 12.6. The molecule has 1 fully saturated rings. The molecular formula is C20H20FN3O3S. The van der Waals surface area contributed by atoms with Crippen molar-refractivity contribution in [1.29, 1.82) is 0 Å². The fourth-order valence-electron chi connectivity index (χ4n) is 3.52. The average molecular weight is 401 g/mol. The highest BCUT2D eigenvalue weighted by Crippen LogP contribution is 2.33. The third-order valence-corrected chi connectivity index (χ3v) is 6.69. The Balaban J connectivity index is 1.77. The van der Waals surface area contributed by atoms with Crippen LogP contribution in [0.4, 0.5) is 10.1 Å². The zero-order chi connectivity index (χ0) is 19.7. The molecule has 4 rings (SSSR count). The predicted octanol–water partition coefficient (Wildman–Crippen LogP) is 2.95. The van der Waals surface area contributed by atoms with Gasteiger partial charge in [0, 0.05) is 18.7 Å². The summed E-state index contributed by atoms with van der Waals surface area (Å²) in [5.74, 6) is -1.000. The first-order valence-corrected chi connectivity index (χ1v) is 10.7. The molecule has 0 atom stereocenters. The van der Waals surface area contributed by atoms with Gasteiger partial charge in [-0.05, 0) is 37.5 Å². The van der Waals surface area contributed by atoms with Gasteiger partial charge in [0.2, 0.25) is 14.9 Å². The Bertz CT molecular complexity index is 1050. The van der Waals surface area contributed by atoms with Crippen LogP contribution in [0.5, 0.6) is 0 Å². The van der Waals surface area contributed by atoms with E-state index in [2.05, 4.69) is 5.10 Å². The summed E-state index contributed by atoms with van der Waals surface area (Å²) in [6.07, 6.45) is 2.70. The summed E-state index contributed by atoms with van der Waals surface area (Å²) in [5, 5.41) is 5.09. The Morgan fingerprint density at radius 1 is 1.00 bits per heavy atom. The van der Waals surface area contributed by atoms with Gasteiger partial charge < -0.3 is 4.90 Å². The van der Waals surface area contributed by atoms with Crippen LogP contribution in [0.2, 0.25) is 0 Å². The fraction of sp³-hybridized carbons (Fsp3) is 0.300. The van der Waals surface area contributed by atoms with E-state index < -0.39 is 26.6 Å². The smallest absolute Gasteiger partial charge is 0.286 e. The maximum atomic E-state index is 14.2. The molecule has 0 saturated carbocycles. The number of fused-ring (bicyclic) bond motifs is 1. The van der Waals surface area contributed by atoms with Gasteiger partial charge in [-0.25, -0.2) is 12.8 Å². The van der Waals surface area contributed by atoms with Crippen LogP contribution in [-0.2, 0) is 21.2 Å². The van der Waals surface area contributed by atoms with E-state index in [0.29, 0.717) is 24.3 Å². The Morgan fingerprint density at radius 3 is 2.43 bits per heavy atom. The van der Waals surface area contributed by atoms with Crippen LogP contribution in [0.1, 0.15) is 24.8 Å². The van der Waals surface area contributed by atoms with Crippen LogP contribution in [0.25, 0.3) is 0 Å². The monoisotopic (exact) mass is 401 g/mol. The summed E-state index contributed by atoms with van der Waals surface area (Å²) in [6.45, 7) is 1.06. The van der Waals surface area contributed by atoms with E-state index in [1.54, 1.807) is 36.4 Å². The quantitative estimate of drug-likeness (QED) is 0.793. The highest BCUT2D eigenvalue weighted by atomic mass is 32.2. The van der Waals surface area contributed by atoms with Crippen molar-refractivity contribution in [1.82, 2.24) is 4.90 Å². The number of hydrazone groups is 1. The van der Waals surface area contributed by atoms with Crippen molar-refractivity contribution in [3.8, 4) is 0 Å². The van der Waals surface area contributed by atoms with Gasteiger partial charge in [-0.2, -0.15) is 5.10 Å². The fourth-order valence-corrected chi connectivity index (χ4v) is 5.00. The molecule has 2 aromatic rings. The van der Waals surface area contributed by atoms with Gasteiger partial charge in [0.25, 0.3) is 5.91 Å². The summed E-state index contributed by atoms with van der Waals surface area (Å²) >= 11 is 0. The molecule has 0 spiro atoms. The number of piperidine rings is 1. The molecule has 2 aromatic carbocycles. The number of likely N-dealkylation sites (tertiary alicyclic amines) is 1. The second kappa shape index (κ2) is 7.35. The van der Waals surface area contributed by atoms with Crippen molar-refractivity contribution >= 4 is 26.5 Å². The Kier molecular flexibility index (Phi) is 4.89. The zero-order valence-electron chi connectivity index (χ0n) is 15.2. The largest absolute Gasteiger partial charge is 0.337 e. The first kappa shape index (κ1) is 18.6. The van der Waals surface area contributed by atoms with Crippen molar-refractivity contribution in [3.05, 3.63) is 59.9 Å². The molecule has 2 heterocycles. The van der Waals surface area contributed by atoms with Crippen LogP contribution < -0.4 is 5.01 Å². The lowest BCUT2D eigenvalue weighted by Crippen LogP contribution is -2.45. The van der Waals surface area contributed by atoms with Gasteiger partial charge in [0.1, 0.15) is 5.82 Å². The molecule has 1 saturated heterocycles. The Morgan fingerprint density at radius 2 is 1.68 bits per heavy atom. The number of carbonyl (C=O) groups excluding carboxylic acids is 1. The van der Waals surface area contributed by atoms with E-state index in [-0.39, 0.29) is 11.4 Å². The maximum Gasteiger partial charge on any atom is 0.286 e. The molecule has 0 aromatic heterocycles. The molecule has 0 N–H and O–H groups in total. The molecular weight excluding hydrogens is 381 g/mol. The third kappa shape index (κ3) is 3.28. The van der Waals surface area contributed by atoms with Crippen molar-refractivity contribution in [2.24, 2.45) is 5.10 Å². The number of para-hydroxylation sites is 1. The van der Waals surface area contributed by atoms with Gasteiger partial charge in [-0.1, -0.05) is 30.3 Å². The van der Waals surface area contributed by atoms with E-state index >= 15 is 0 Å². The summed E-state index contributed by atoms with van der Waals surface area (Å²) in [7, 11) is -4.04. The van der Waals surface area contributed by atoms with Crippen LogP contribution >= 0.6 is 0 Å². The number of anilines is 1. The molecule has 28 heavy (non-hydrogen) atoms. The highest BCUT2D eigenvalue weighted by molar-refractivity contribution is 8.08. The van der Waals surface area contributed by atoms with E-state index in [9.17, 15) is 17.6 Å². The molecule has 0 bridgehead atoms. The molecule has 0 aliphatic carbocycles. The number of halogens is 1. The lowest BCUT2D eigenvalue weighted by Gasteiger charge is -2.31. The molecule has 1 amide bonds. The van der Waals surface area contributed by atoms with Gasteiger partial charge in [0.15, 0.2) is 0 Å². The third-order valence-electron chi connectivity index (χ3n) is 5.00. The Hall–Kier alpha value is -2.74. The number of amides is 1. The summed E-state index contributed by atoms with van der Waals surface area (Å²) in [5.41, 5.74) is 0.700. The number of benzene rings is 2. The van der Waals surface area contributed by atoms with Gasteiger partial charge >= 0.3 is 0 Å². The summed E-state index contributed by atoms with van der Waals surface area (Å²) in [4.78, 5) is 14.5. The van der Waals surface area contributed by atoms with Crippen molar-refractivity contribution < 1.29 is 17.6 Å². The highest BCUT2D eigenvalue weighted by Gasteiger charge is 2.39. The molecule has 2 aliphatic heterocycles. The standard InChI is InChI=1S/C20H20FN3O3S/c21-16-9-3-2-8-15(16)14-24-17-10-4-5-11-18(17)28(26,27)19(22-24)20(25)23-12-6-1-7-13-23/h2-5,8-11H,1,6-7,12-14H2. The van der Waals surface area contributed by atoms with E-state index in [1.165, 1.54) is 22.0 Å². The number of hydrogen-bond acceptors (Lipinski definition) is 5. The van der Waals surface area contributed by atoms with Crippen LogP contribution in [0.3, 0.4) is 0 Å². The number of hydrogen-bond donors (Lipinski definition) is 0. The number of sulfone groups is 1. The van der Waals surface area contributed by atoms with Crippen molar-refractivity contribution in [2.75, 3.05) is 18.1 Å². The van der Waals surface area contributed by atoms with E-state index in [0.717, 1.165) is 19.3 Å². The minimum Gasteiger partial charge on any atom is -0.337 e. The van der Waals surface area contributed by atoms with Crippen LogP contribution in [0.15, 0.2) is 58.5 Å². The molecule has 146 valence electrons. The lowest BCUT2D eigenvalue weighted by molar-refractivity contribution is -0.124. The molecule has 8 heteroatoms. The molecule has 0 unspecified atom stereocenters. The number of rotatable bonds is 3. The normalized spacial score (nSPS) is 18.4. The zero-order valence-corrected chi connectivity index (χ0v) is 16.0.